The van der Waals surface area contributed by atoms with Crippen molar-refractivity contribution in [1.29, 1.82) is 0 Å². The highest BCUT2D eigenvalue weighted by Gasteiger charge is 2.42. The van der Waals surface area contributed by atoms with E-state index in [0.29, 0.717) is 12.9 Å². The largest absolute Gasteiger partial charge is 0.479 e. The quantitative estimate of drug-likeness (QED) is 0.497. The maximum Gasteiger partial charge on any atom is 0.336 e. The van der Waals surface area contributed by atoms with Crippen LogP contribution < -0.4 is 0 Å². The predicted octanol–water partition coefficient (Wildman–Crippen LogP) is 1.87. The topological polar surface area (TPSA) is 63.6 Å². The highest BCUT2D eigenvalue weighted by atomic mass is 16.5. The van der Waals surface area contributed by atoms with E-state index in [2.05, 4.69) is 0 Å². The monoisotopic (exact) mass is 216 g/mol. The van der Waals surface area contributed by atoms with Gasteiger partial charge in [0.1, 0.15) is 6.29 Å². The molecule has 0 aliphatic rings. The highest BCUT2D eigenvalue weighted by molar-refractivity contribution is 5.81. The number of ether oxygens (including phenoxy) is 1. The minimum Gasteiger partial charge on any atom is -0.479 e. The van der Waals surface area contributed by atoms with Crippen molar-refractivity contribution in [2.45, 2.75) is 45.6 Å². The normalized spacial score (nSPS) is 14.9. The Hall–Kier alpha value is -0.900. The van der Waals surface area contributed by atoms with Crippen molar-refractivity contribution in [3.05, 3.63) is 0 Å². The number of aliphatic carboxylic acids is 1. The molecule has 88 valence electrons. The molecular weight excluding hydrogens is 196 g/mol. The van der Waals surface area contributed by atoms with Crippen molar-refractivity contribution in [3.63, 3.8) is 0 Å². The zero-order valence-corrected chi connectivity index (χ0v) is 9.66. The minimum atomic E-state index is -1.35. The molecule has 1 atom stereocenters. The summed E-state index contributed by atoms with van der Waals surface area (Å²) in [5.74, 6) is -1.28. The molecule has 0 saturated carbocycles. The van der Waals surface area contributed by atoms with Crippen molar-refractivity contribution in [2.75, 3.05) is 6.61 Å². The smallest absolute Gasteiger partial charge is 0.336 e. The number of hydrogen-bond donors (Lipinski definition) is 1. The van der Waals surface area contributed by atoms with E-state index < -0.39 is 11.6 Å². The molecule has 4 nitrogen and oxygen atoms in total. The van der Waals surface area contributed by atoms with Crippen LogP contribution in [0.25, 0.3) is 0 Å². The van der Waals surface area contributed by atoms with E-state index in [9.17, 15) is 9.59 Å². The first-order valence-electron chi connectivity index (χ1n) is 5.32. The van der Waals surface area contributed by atoms with Crippen molar-refractivity contribution in [3.8, 4) is 0 Å². The number of unbranched alkanes of at least 4 members (excludes halogenated alkanes) is 1. The molecule has 1 unspecified atom stereocenters. The summed E-state index contributed by atoms with van der Waals surface area (Å²) >= 11 is 0. The first kappa shape index (κ1) is 14.1. The average Bonchev–Trinajstić information content (AvgIpc) is 2.15. The fourth-order valence-corrected chi connectivity index (χ4v) is 1.38. The van der Waals surface area contributed by atoms with E-state index in [-0.39, 0.29) is 12.3 Å². The molecule has 0 aliphatic carbocycles. The van der Waals surface area contributed by atoms with Gasteiger partial charge in [0.2, 0.25) is 0 Å². The van der Waals surface area contributed by atoms with Gasteiger partial charge in [0.15, 0.2) is 5.60 Å². The van der Waals surface area contributed by atoms with Crippen molar-refractivity contribution in [2.24, 2.45) is 5.92 Å². The third kappa shape index (κ3) is 3.63. The van der Waals surface area contributed by atoms with Crippen LogP contribution in [0.2, 0.25) is 0 Å². The third-order valence-corrected chi connectivity index (χ3v) is 2.54. The highest BCUT2D eigenvalue weighted by Crippen LogP contribution is 2.26. The van der Waals surface area contributed by atoms with Gasteiger partial charge in [-0.2, -0.15) is 0 Å². The fourth-order valence-electron chi connectivity index (χ4n) is 1.38. The lowest BCUT2D eigenvalue weighted by Gasteiger charge is -2.31. The Balaban J connectivity index is 4.63. The first-order chi connectivity index (χ1) is 7.01. The SMILES string of the molecule is CCCCOC(CC=O)(C(=O)O)C(C)C. The standard InChI is InChI=1S/C11H20O4/c1-4-5-8-15-11(6-7-12,9(2)3)10(13)14/h7,9H,4-6,8H2,1-3H3,(H,13,14). The second-order valence-corrected chi connectivity index (χ2v) is 3.92. The maximum absolute atomic E-state index is 11.2. The van der Waals surface area contributed by atoms with Crippen molar-refractivity contribution < 1.29 is 19.4 Å². The van der Waals surface area contributed by atoms with Gasteiger partial charge in [-0.1, -0.05) is 27.2 Å². The van der Waals surface area contributed by atoms with Gasteiger partial charge in [0.25, 0.3) is 0 Å². The third-order valence-electron chi connectivity index (χ3n) is 2.54. The van der Waals surface area contributed by atoms with Crippen LogP contribution in [-0.4, -0.2) is 29.6 Å². The number of aldehydes is 1. The van der Waals surface area contributed by atoms with Crippen LogP contribution in [0, 0.1) is 5.92 Å². The molecule has 0 aliphatic heterocycles. The summed E-state index contributed by atoms with van der Waals surface area (Å²) in [5.41, 5.74) is -1.35. The molecule has 15 heavy (non-hydrogen) atoms. The van der Waals surface area contributed by atoms with Gasteiger partial charge in [-0.15, -0.1) is 0 Å². The summed E-state index contributed by atoms with van der Waals surface area (Å²) in [5, 5.41) is 9.14. The first-order valence-corrected chi connectivity index (χ1v) is 5.32. The summed E-state index contributed by atoms with van der Waals surface area (Å²) in [6.45, 7) is 5.89. The zero-order valence-electron chi connectivity index (χ0n) is 9.66. The van der Waals surface area contributed by atoms with E-state index >= 15 is 0 Å². The summed E-state index contributed by atoms with van der Waals surface area (Å²) in [6.07, 6.45) is 2.26. The fraction of sp³-hybridized carbons (Fsp3) is 0.818. The molecule has 0 aromatic rings. The van der Waals surface area contributed by atoms with Gasteiger partial charge >= 0.3 is 5.97 Å². The van der Waals surface area contributed by atoms with Crippen molar-refractivity contribution in [1.82, 2.24) is 0 Å². The molecule has 0 amide bonds. The molecule has 0 aromatic heterocycles. The Labute approximate surface area is 90.6 Å². The van der Waals surface area contributed by atoms with Crippen molar-refractivity contribution >= 4 is 12.3 Å². The molecule has 0 radical (unpaired) electrons. The lowest BCUT2D eigenvalue weighted by Crippen LogP contribution is -2.47. The van der Waals surface area contributed by atoms with E-state index in [1.165, 1.54) is 0 Å². The molecule has 0 spiro atoms. The van der Waals surface area contributed by atoms with Crippen LogP contribution in [0.3, 0.4) is 0 Å². The van der Waals surface area contributed by atoms with Crippen LogP contribution in [0.4, 0.5) is 0 Å². The van der Waals surface area contributed by atoms with Gasteiger partial charge in [0, 0.05) is 13.0 Å². The van der Waals surface area contributed by atoms with Gasteiger partial charge in [-0.3, -0.25) is 0 Å². The van der Waals surface area contributed by atoms with Gasteiger partial charge in [0.05, 0.1) is 0 Å². The summed E-state index contributed by atoms with van der Waals surface area (Å²) in [6, 6.07) is 0. The predicted molar refractivity (Wildman–Crippen MR) is 56.7 cm³/mol. The second-order valence-electron chi connectivity index (χ2n) is 3.92. The molecule has 0 bridgehead atoms. The van der Waals surface area contributed by atoms with Crippen LogP contribution in [-0.2, 0) is 14.3 Å². The average molecular weight is 216 g/mol. The van der Waals surface area contributed by atoms with E-state index in [1.807, 2.05) is 6.92 Å². The van der Waals surface area contributed by atoms with Gasteiger partial charge in [-0.25, -0.2) is 4.79 Å². The molecule has 4 heteroatoms. The number of carbonyl (C=O) groups is 2. The molecule has 0 rings (SSSR count). The lowest BCUT2D eigenvalue weighted by atomic mass is 9.87. The van der Waals surface area contributed by atoms with Crippen LogP contribution >= 0.6 is 0 Å². The minimum absolute atomic E-state index is 0.0935. The number of carbonyl (C=O) groups excluding carboxylic acids is 1. The Morgan fingerprint density at radius 1 is 1.53 bits per heavy atom. The molecule has 0 fully saturated rings. The molecule has 0 heterocycles. The van der Waals surface area contributed by atoms with E-state index in [1.54, 1.807) is 13.8 Å². The van der Waals surface area contributed by atoms with Crippen LogP contribution in [0.15, 0.2) is 0 Å². The second kappa shape index (κ2) is 6.56. The Morgan fingerprint density at radius 3 is 2.47 bits per heavy atom. The van der Waals surface area contributed by atoms with Gasteiger partial charge in [-0.05, 0) is 12.3 Å². The molecule has 0 saturated heterocycles. The van der Waals surface area contributed by atoms with Gasteiger partial charge < -0.3 is 14.6 Å². The van der Waals surface area contributed by atoms with Crippen LogP contribution in [0.1, 0.15) is 40.0 Å². The zero-order chi connectivity index (χ0) is 11.9. The van der Waals surface area contributed by atoms with Crippen LogP contribution in [0.5, 0.6) is 0 Å². The molecular formula is C11H20O4. The Morgan fingerprint density at radius 2 is 2.13 bits per heavy atom. The van der Waals surface area contributed by atoms with E-state index in [0.717, 1.165) is 12.8 Å². The molecule has 1 N–H and O–H groups in total. The number of carboxylic acid groups (broad SMARTS) is 1. The Bertz CT molecular complexity index is 213. The van der Waals surface area contributed by atoms with E-state index in [4.69, 9.17) is 9.84 Å². The summed E-state index contributed by atoms with van der Waals surface area (Å²) in [7, 11) is 0. The number of rotatable bonds is 8. The summed E-state index contributed by atoms with van der Waals surface area (Å²) < 4.78 is 5.40. The number of hydrogen-bond acceptors (Lipinski definition) is 3. The maximum atomic E-state index is 11.2. The summed E-state index contributed by atoms with van der Waals surface area (Å²) in [4.78, 5) is 21.7. The number of carboxylic acids is 1. The Kier molecular flexibility index (Phi) is 6.17. The molecule has 0 aromatic carbocycles. The lowest BCUT2D eigenvalue weighted by molar-refractivity contribution is -0.175.